The summed E-state index contributed by atoms with van der Waals surface area (Å²) in [5, 5.41) is 12.4. The molecule has 2 aliphatic heterocycles. The van der Waals surface area contributed by atoms with Crippen LogP contribution in [0.5, 0.6) is 0 Å². The number of benzene rings is 1. The molecule has 2 heterocycles. The summed E-state index contributed by atoms with van der Waals surface area (Å²) in [5.41, 5.74) is 2.49. The lowest BCUT2D eigenvalue weighted by Gasteiger charge is -2.30. The first-order valence-electron chi connectivity index (χ1n) is 9.62. The zero-order valence-electron chi connectivity index (χ0n) is 15.3. The van der Waals surface area contributed by atoms with Gasteiger partial charge in [0.25, 0.3) is 0 Å². The largest absolute Gasteiger partial charge is 0.394 e. The van der Waals surface area contributed by atoms with E-state index in [1.54, 1.807) is 4.90 Å². The third-order valence-corrected chi connectivity index (χ3v) is 5.67. The Morgan fingerprint density at radius 1 is 1.16 bits per heavy atom. The van der Waals surface area contributed by atoms with Crippen molar-refractivity contribution in [2.45, 2.75) is 51.7 Å². The molecule has 2 saturated heterocycles. The average molecular weight is 345 g/mol. The molecule has 1 aromatic rings. The quantitative estimate of drug-likeness (QED) is 0.862. The van der Waals surface area contributed by atoms with Crippen molar-refractivity contribution in [2.75, 3.05) is 26.2 Å². The number of piperidine rings is 1. The molecule has 0 aromatic heterocycles. The molecule has 3 rings (SSSR count). The summed E-state index contributed by atoms with van der Waals surface area (Å²) in [6.45, 7) is 6.96. The van der Waals surface area contributed by atoms with Crippen LogP contribution in [0.15, 0.2) is 24.3 Å². The highest BCUT2D eigenvalue weighted by atomic mass is 16.3. The maximum absolute atomic E-state index is 12.4. The number of carbonyl (C=O) groups excluding carboxylic acids is 1. The van der Waals surface area contributed by atoms with Crippen LogP contribution >= 0.6 is 0 Å². The lowest BCUT2D eigenvalue weighted by Crippen LogP contribution is -2.44. The van der Waals surface area contributed by atoms with Gasteiger partial charge in [-0.3, -0.25) is 4.90 Å². The van der Waals surface area contributed by atoms with Gasteiger partial charge in [-0.2, -0.15) is 0 Å². The van der Waals surface area contributed by atoms with Crippen molar-refractivity contribution >= 4 is 6.03 Å². The zero-order valence-corrected chi connectivity index (χ0v) is 15.3. The number of nitrogens with one attached hydrogen (secondary N) is 1. The summed E-state index contributed by atoms with van der Waals surface area (Å²) in [5.74, 6) is 0.839. The molecule has 2 N–H and O–H groups in total. The second-order valence-electron chi connectivity index (χ2n) is 7.56. The Balaban J connectivity index is 1.56. The standard InChI is InChI=1S/C20H31N3O2/c1-16-8-11-22(12-9-16)14-18-6-3-2-5-17(18)13-21-20(25)23-10-4-7-19(23)15-24/h2-3,5-6,16,19,24H,4,7-15H2,1H3,(H,21,25). The minimum atomic E-state index is -0.0573. The van der Waals surface area contributed by atoms with Gasteiger partial charge in [-0.25, -0.2) is 4.79 Å². The van der Waals surface area contributed by atoms with Crippen LogP contribution in [0.3, 0.4) is 0 Å². The van der Waals surface area contributed by atoms with Crippen molar-refractivity contribution < 1.29 is 9.90 Å². The fourth-order valence-electron chi connectivity index (χ4n) is 3.91. The first-order chi connectivity index (χ1) is 12.2. The molecule has 1 unspecified atom stereocenters. The first kappa shape index (κ1) is 18.2. The summed E-state index contributed by atoms with van der Waals surface area (Å²) >= 11 is 0. The summed E-state index contributed by atoms with van der Waals surface area (Å²) in [7, 11) is 0. The molecule has 5 nitrogen and oxygen atoms in total. The van der Waals surface area contributed by atoms with Crippen LogP contribution in [0.2, 0.25) is 0 Å². The molecule has 25 heavy (non-hydrogen) atoms. The van der Waals surface area contributed by atoms with Crippen molar-refractivity contribution in [3.8, 4) is 0 Å². The molecular weight excluding hydrogens is 314 g/mol. The van der Waals surface area contributed by atoms with E-state index in [4.69, 9.17) is 0 Å². The van der Waals surface area contributed by atoms with Crippen LogP contribution in [0.4, 0.5) is 4.79 Å². The Bertz CT molecular complexity index is 570. The number of carbonyl (C=O) groups is 1. The number of hydrogen-bond donors (Lipinski definition) is 2. The van der Waals surface area contributed by atoms with Gasteiger partial charge in [0.2, 0.25) is 0 Å². The number of likely N-dealkylation sites (tertiary alicyclic amines) is 2. The van der Waals surface area contributed by atoms with Crippen LogP contribution in [0, 0.1) is 5.92 Å². The molecule has 1 atom stereocenters. The van der Waals surface area contributed by atoms with E-state index < -0.39 is 0 Å². The summed E-state index contributed by atoms with van der Waals surface area (Å²) < 4.78 is 0. The highest BCUT2D eigenvalue weighted by Crippen LogP contribution is 2.20. The van der Waals surface area contributed by atoms with E-state index in [1.807, 2.05) is 6.07 Å². The maximum atomic E-state index is 12.4. The van der Waals surface area contributed by atoms with Crippen LogP contribution in [-0.4, -0.2) is 53.2 Å². The second-order valence-corrected chi connectivity index (χ2v) is 7.56. The summed E-state index contributed by atoms with van der Waals surface area (Å²) in [4.78, 5) is 16.7. The normalized spacial score (nSPS) is 22.3. The SMILES string of the molecule is CC1CCN(Cc2ccccc2CNC(=O)N2CCCC2CO)CC1. The minimum Gasteiger partial charge on any atom is -0.394 e. The van der Waals surface area contributed by atoms with Gasteiger partial charge < -0.3 is 15.3 Å². The first-order valence-corrected chi connectivity index (χ1v) is 9.62. The number of urea groups is 1. The molecular formula is C20H31N3O2. The molecule has 0 radical (unpaired) electrons. The Morgan fingerprint density at radius 2 is 1.88 bits per heavy atom. The molecule has 2 amide bonds. The Labute approximate surface area is 151 Å². The highest BCUT2D eigenvalue weighted by molar-refractivity contribution is 5.74. The summed E-state index contributed by atoms with van der Waals surface area (Å²) in [6.07, 6.45) is 4.42. The van der Waals surface area contributed by atoms with E-state index in [1.165, 1.54) is 24.0 Å². The van der Waals surface area contributed by atoms with Crippen LogP contribution < -0.4 is 5.32 Å². The zero-order chi connectivity index (χ0) is 17.6. The third kappa shape index (κ3) is 4.73. The van der Waals surface area contributed by atoms with Gasteiger partial charge in [-0.05, 0) is 55.8 Å². The number of rotatable bonds is 5. The van der Waals surface area contributed by atoms with Crippen LogP contribution in [-0.2, 0) is 13.1 Å². The van der Waals surface area contributed by atoms with E-state index in [0.29, 0.717) is 6.54 Å². The number of aliphatic hydroxyl groups is 1. The van der Waals surface area contributed by atoms with Gasteiger partial charge in [0.15, 0.2) is 0 Å². The van der Waals surface area contributed by atoms with Crippen molar-refractivity contribution in [2.24, 2.45) is 5.92 Å². The number of aliphatic hydroxyl groups excluding tert-OH is 1. The predicted octanol–water partition coefficient (Wildman–Crippen LogP) is 2.58. The smallest absolute Gasteiger partial charge is 0.317 e. The summed E-state index contributed by atoms with van der Waals surface area (Å²) in [6, 6.07) is 8.32. The molecule has 5 heteroatoms. The van der Waals surface area contributed by atoms with Crippen molar-refractivity contribution in [1.82, 2.24) is 15.1 Å². The van der Waals surface area contributed by atoms with Crippen LogP contribution in [0.1, 0.15) is 43.7 Å². The molecule has 0 spiro atoms. The van der Waals surface area contributed by atoms with Gasteiger partial charge in [0.05, 0.1) is 12.6 Å². The lowest BCUT2D eigenvalue weighted by molar-refractivity contribution is 0.157. The lowest BCUT2D eigenvalue weighted by atomic mass is 9.98. The number of nitrogens with zero attached hydrogens (tertiary/aromatic N) is 2. The maximum Gasteiger partial charge on any atom is 0.317 e. The van der Waals surface area contributed by atoms with E-state index in [2.05, 4.69) is 35.3 Å². The predicted molar refractivity (Wildman–Crippen MR) is 99.2 cm³/mol. The topological polar surface area (TPSA) is 55.8 Å². The molecule has 138 valence electrons. The fourth-order valence-corrected chi connectivity index (χ4v) is 3.91. The number of amides is 2. The highest BCUT2D eigenvalue weighted by Gasteiger charge is 2.27. The van der Waals surface area contributed by atoms with E-state index in [9.17, 15) is 9.90 Å². The Kier molecular flexibility index (Phi) is 6.32. The van der Waals surface area contributed by atoms with Gasteiger partial charge in [0.1, 0.15) is 0 Å². The van der Waals surface area contributed by atoms with Crippen molar-refractivity contribution in [3.63, 3.8) is 0 Å². The minimum absolute atomic E-state index is 0.0226. The van der Waals surface area contributed by atoms with E-state index in [-0.39, 0.29) is 18.7 Å². The average Bonchev–Trinajstić information content (AvgIpc) is 3.11. The van der Waals surface area contributed by atoms with Crippen molar-refractivity contribution in [3.05, 3.63) is 35.4 Å². The second kappa shape index (κ2) is 8.68. The monoisotopic (exact) mass is 345 g/mol. The van der Waals surface area contributed by atoms with Gasteiger partial charge >= 0.3 is 6.03 Å². The molecule has 0 aliphatic carbocycles. The Hall–Kier alpha value is -1.59. The van der Waals surface area contributed by atoms with E-state index >= 15 is 0 Å². The molecule has 2 aliphatic rings. The van der Waals surface area contributed by atoms with Gasteiger partial charge in [0, 0.05) is 19.6 Å². The van der Waals surface area contributed by atoms with E-state index in [0.717, 1.165) is 44.9 Å². The van der Waals surface area contributed by atoms with Gasteiger partial charge in [-0.15, -0.1) is 0 Å². The number of hydrogen-bond acceptors (Lipinski definition) is 3. The van der Waals surface area contributed by atoms with Crippen molar-refractivity contribution in [1.29, 1.82) is 0 Å². The molecule has 1 aromatic carbocycles. The Morgan fingerprint density at radius 3 is 2.60 bits per heavy atom. The van der Waals surface area contributed by atoms with Gasteiger partial charge in [-0.1, -0.05) is 31.2 Å². The third-order valence-electron chi connectivity index (χ3n) is 5.67. The fraction of sp³-hybridized carbons (Fsp3) is 0.650. The molecule has 0 bridgehead atoms. The molecule has 0 saturated carbocycles. The van der Waals surface area contributed by atoms with Crippen LogP contribution in [0.25, 0.3) is 0 Å². The molecule has 2 fully saturated rings.